The highest BCUT2D eigenvalue weighted by Crippen LogP contribution is 2.19. The number of hydrogen-bond acceptors (Lipinski definition) is 3. The minimum absolute atomic E-state index is 0.361. The van der Waals surface area contributed by atoms with Gasteiger partial charge in [0.2, 0.25) is 0 Å². The Labute approximate surface area is 98.8 Å². The molecule has 2 N–H and O–H groups in total. The molecule has 2 rings (SSSR count). The summed E-state index contributed by atoms with van der Waals surface area (Å²) >= 11 is 5.84. The van der Waals surface area contributed by atoms with Crippen LogP contribution in [0.2, 0.25) is 5.02 Å². The summed E-state index contributed by atoms with van der Waals surface area (Å²) in [5.41, 5.74) is 6.51. The minimum atomic E-state index is 0.361. The molecule has 0 saturated carbocycles. The number of furan rings is 1. The van der Waals surface area contributed by atoms with Crippen LogP contribution in [-0.4, -0.2) is 0 Å². The van der Waals surface area contributed by atoms with Crippen molar-refractivity contribution in [3.05, 3.63) is 52.9 Å². The van der Waals surface area contributed by atoms with E-state index in [2.05, 4.69) is 0 Å². The average Bonchev–Trinajstić information content (AvgIpc) is 2.74. The van der Waals surface area contributed by atoms with Gasteiger partial charge in [-0.05, 0) is 24.3 Å². The molecule has 2 aromatic rings. The number of nitrogens with two attached hydrogens (primary N) is 1. The third kappa shape index (κ3) is 2.56. The maximum atomic E-state index is 5.84. The first kappa shape index (κ1) is 11.0. The Morgan fingerprint density at radius 2 is 2.19 bits per heavy atom. The summed E-state index contributed by atoms with van der Waals surface area (Å²) in [6, 6.07) is 9.08. The van der Waals surface area contributed by atoms with Crippen LogP contribution in [0.15, 0.2) is 41.0 Å². The molecule has 1 aromatic carbocycles. The SMILES string of the molecule is NCc1ccoc1COc1cccc(Cl)c1. The van der Waals surface area contributed by atoms with E-state index in [0.29, 0.717) is 23.9 Å². The van der Waals surface area contributed by atoms with Gasteiger partial charge in [0.05, 0.1) is 6.26 Å². The monoisotopic (exact) mass is 237 g/mol. The maximum Gasteiger partial charge on any atom is 0.146 e. The molecule has 0 unspecified atom stereocenters. The lowest BCUT2D eigenvalue weighted by Crippen LogP contribution is -2.01. The molecule has 0 radical (unpaired) electrons. The summed E-state index contributed by atoms with van der Waals surface area (Å²) in [7, 11) is 0. The standard InChI is InChI=1S/C12H12ClNO2/c13-10-2-1-3-11(6-10)16-8-12-9(7-14)4-5-15-12/h1-6H,7-8,14H2. The van der Waals surface area contributed by atoms with Crippen molar-refractivity contribution in [2.75, 3.05) is 0 Å². The van der Waals surface area contributed by atoms with Gasteiger partial charge in [-0.15, -0.1) is 0 Å². The zero-order chi connectivity index (χ0) is 11.4. The highest BCUT2D eigenvalue weighted by Gasteiger charge is 2.05. The number of ether oxygens (including phenoxy) is 1. The highest BCUT2D eigenvalue weighted by molar-refractivity contribution is 6.30. The Kier molecular flexibility index (Phi) is 3.49. The number of hydrogen-bond donors (Lipinski definition) is 1. The molecule has 0 aliphatic rings. The largest absolute Gasteiger partial charge is 0.486 e. The smallest absolute Gasteiger partial charge is 0.146 e. The van der Waals surface area contributed by atoms with Crippen LogP contribution < -0.4 is 10.5 Å². The number of halogens is 1. The second-order valence-electron chi connectivity index (χ2n) is 3.32. The topological polar surface area (TPSA) is 48.4 Å². The zero-order valence-corrected chi connectivity index (χ0v) is 9.41. The molecule has 0 saturated heterocycles. The van der Waals surface area contributed by atoms with Gasteiger partial charge in [0.15, 0.2) is 0 Å². The first-order chi connectivity index (χ1) is 7.79. The molecule has 16 heavy (non-hydrogen) atoms. The van der Waals surface area contributed by atoms with E-state index in [0.717, 1.165) is 11.3 Å². The Morgan fingerprint density at radius 3 is 2.94 bits per heavy atom. The molecule has 0 spiro atoms. The number of rotatable bonds is 4. The van der Waals surface area contributed by atoms with E-state index in [4.69, 9.17) is 26.5 Å². The normalized spacial score (nSPS) is 10.4. The van der Waals surface area contributed by atoms with Gasteiger partial charge in [-0.25, -0.2) is 0 Å². The molecule has 84 valence electrons. The van der Waals surface area contributed by atoms with E-state index in [-0.39, 0.29) is 0 Å². The fraction of sp³-hybridized carbons (Fsp3) is 0.167. The first-order valence-corrected chi connectivity index (χ1v) is 5.31. The van der Waals surface area contributed by atoms with Crippen molar-refractivity contribution in [1.82, 2.24) is 0 Å². The lowest BCUT2D eigenvalue weighted by Gasteiger charge is -2.05. The second kappa shape index (κ2) is 5.05. The molecule has 0 bridgehead atoms. The molecule has 3 nitrogen and oxygen atoms in total. The molecule has 0 amide bonds. The van der Waals surface area contributed by atoms with Crippen molar-refractivity contribution < 1.29 is 9.15 Å². The summed E-state index contributed by atoms with van der Waals surface area (Å²) in [6.07, 6.45) is 1.61. The molecule has 1 aromatic heterocycles. The molecule has 1 heterocycles. The highest BCUT2D eigenvalue weighted by atomic mass is 35.5. The second-order valence-corrected chi connectivity index (χ2v) is 3.76. The van der Waals surface area contributed by atoms with Crippen LogP contribution in [-0.2, 0) is 13.2 Å². The molecule has 0 aliphatic heterocycles. The van der Waals surface area contributed by atoms with Crippen LogP contribution in [0.5, 0.6) is 5.75 Å². The van der Waals surface area contributed by atoms with E-state index in [1.807, 2.05) is 18.2 Å². The van der Waals surface area contributed by atoms with Gasteiger partial charge >= 0.3 is 0 Å². The zero-order valence-electron chi connectivity index (χ0n) is 8.65. The molecule has 0 aliphatic carbocycles. The Hall–Kier alpha value is -1.45. The van der Waals surface area contributed by atoms with Gasteiger partial charge in [-0.1, -0.05) is 17.7 Å². The number of benzene rings is 1. The summed E-state index contributed by atoms with van der Waals surface area (Å²) in [6.45, 7) is 0.810. The third-order valence-corrected chi connectivity index (χ3v) is 2.46. The van der Waals surface area contributed by atoms with Crippen molar-refractivity contribution >= 4 is 11.6 Å². The van der Waals surface area contributed by atoms with E-state index < -0.39 is 0 Å². The van der Waals surface area contributed by atoms with E-state index in [9.17, 15) is 0 Å². The quantitative estimate of drug-likeness (QED) is 0.889. The average molecular weight is 238 g/mol. The molecular formula is C12H12ClNO2. The van der Waals surface area contributed by atoms with Gasteiger partial charge in [0, 0.05) is 17.1 Å². The lowest BCUT2D eigenvalue weighted by molar-refractivity contribution is 0.268. The summed E-state index contributed by atoms with van der Waals surface area (Å²) in [5, 5.41) is 0.649. The molecule has 0 atom stereocenters. The van der Waals surface area contributed by atoms with Crippen LogP contribution in [0.25, 0.3) is 0 Å². The van der Waals surface area contributed by atoms with Gasteiger partial charge < -0.3 is 14.9 Å². The predicted octanol–water partition coefficient (Wildman–Crippen LogP) is 2.97. The van der Waals surface area contributed by atoms with Crippen LogP contribution in [0.3, 0.4) is 0 Å². The molecule has 0 fully saturated rings. The van der Waals surface area contributed by atoms with Gasteiger partial charge in [0.25, 0.3) is 0 Å². The summed E-state index contributed by atoms with van der Waals surface area (Å²) < 4.78 is 10.8. The van der Waals surface area contributed by atoms with Crippen molar-refractivity contribution in [2.45, 2.75) is 13.2 Å². The fourth-order valence-electron chi connectivity index (χ4n) is 1.38. The van der Waals surface area contributed by atoms with E-state index >= 15 is 0 Å². The minimum Gasteiger partial charge on any atom is -0.486 e. The van der Waals surface area contributed by atoms with E-state index in [1.165, 1.54) is 0 Å². The Morgan fingerprint density at radius 1 is 1.31 bits per heavy atom. The van der Waals surface area contributed by atoms with E-state index in [1.54, 1.807) is 18.4 Å². The third-order valence-electron chi connectivity index (χ3n) is 2.22. The van der Waals surface area contributed by atoms with Crippen LogP contribution in [0.1, 0.15) is 11.3 Å². The Balaban J connectivity index is 2.02. The van der Waals surface area contributed by atoms with Gasteiger partial charge in [-0.3, -0.25) is 0 Å². The predicted molar refractivity (Wildman–Crippen MR) is 62.4 cm³/mol. The van der Waals surface area contributed by atoms with Crippen molar-refractivity contribution in [2.24, 2.45) is 5.73 Å². The van der Waals surface area contributed by atoms with Crippen molar-refractivity contribution in [3.8, 4) is 5.75 Å². The molecule has 4 heteroatoms. The first-order valence-electron chi connectivity index (χ1n) is 4.93. The van der Waals surface area contributed by atoms with Gasteiger partial charge in [-0.2, -0.15) is 0 Å². The summed E-state index contributed by atoms with van der Waals surface area (Å²) in [5.74, 6) is 1.47. The van der Waals surface area contributed by atoms with Crippen LogP contribution >= 0.6 is 11.6 Å². The van der Waals surface area contributed by atoms with Crippen LogP contribution in [0.4, 0.5) is 0 Å². The van der Waals surface area contributed by atoms with Gasteiger partial charge in [0.1, 0.15) is 18.1 Å². The van der Waals surface area contributed by atoms with Crippen molar-refractivity contribution in [1.29, 1.82) is 0 Å². The summed E-state index contributed by atoms with van der Waals surface area (Å²) in [4.78, 5) is 0. The van der Waals surface area contributed by atoms with Crippen molar-refractivity contribution in [3.63, 3.8) is 0 Å². The lowest BCUT2D eigenvalue weighted by atomic mass is 10.2. The Bertz CT molecular complexity index is 468. The fourth-order valence-corrected chi connectivity index (χ4v) is 1.56. The van der Waals surface area contributed by atoms with Crippen LogP contribution in [0, 0.1) is 0 Å². The molecular weight excluding hydrogens is 226 g/mol. The maximum absolute atomic E-state index is 5.84.